The third-order valence-corrected chi connectivity index (χ3v) is 5.04. The van der Waals surface area contributed by atoms with Gasteiger partial charge in [-0.25, -0.2) is 0 Å². The second kappa shape index (κ2) is 5.84. The topological polar surface area (TPSA) is 50.5 Å². The summed E-state index contributed by atoms with van der Waals surface area (Å²) in [6, 6.07) is 3.57. The average molecular weight is 313 g/mol. The van der Waals surface area contributed by atoms with Crippen molar-refractivity contribution in [1.82, 2.24) is 4.90 Å². The summed E-state index contributed by atoms with van der Waals surface area (Å²) in [5.74, 6) is 0.0488. The van der Waals surface area contributed by atoms with E-state index in [0.717, 1.165) is 5.57 Å². The summed E-state index contributed by atoms with van der Waals surface area (Å²) in [5, 5.41) is 0. The lowest BCUT2D eigenvalue weighted by molar-refractivity contribution is -0.141. The van der Waals surface area contributed by atoms with Gasteiger partial charge in [0.25, 0.3) is 0 Å². The predicted molar refractivity (Wildman–Crippen MR) is 87.1 cm³/mol. The number of carbonyl (C=O) groups excluding carboxylic acids is 2. The number of imide groups is 1. The number of nitrogens with zero attached hydrogens (tertiary/aromatic N) is 1. The zero-order valence-corrected chi connectivity index (χ0v) is 14.1. The smallest absolute Gasteiger partial charge is 0.234 e. The Balaban J connectivity index is 1.96. The van der Waals surface area contributed by atoms with Crippen molar-refractivity contribution in [2.45, 2.75) is 34.2 Å². The molecule has 1 saturated heterocycles. The summed E-state index contributed by atoms with van der Waals surface area (Å²) in [4.78, 5) is 27.2. The van der Waals surface area contributed by atoms with Crippen molar-refractivity contribution < 1.29 is 14.0 Å². The summed E-state index contributed by atoms with van der Waals surface area (Å²) in [7, 11) is 0. The first kappa shape index (κ1) is 15.8. The highest BCUT2D eigenvalue weighted by Crippen LogP contribution is 2.45. The molecule has 1 aromatic heterocycles. The van der Waals surface area contributed by atoms with E-state index in [1.165, 1.54) is 10.5 Å². The lowest BCUT2D eigenvalue weighted by Gasteiger charge is -2.32. The van der Waals surface area contributed by atoms with Crippen molar-refractivity contribution in [2.24, 2.45) is 23.7 Å². The second-order valence-corrected chi connectivity index (χ2v) is 6.91. The van der Waals surface area contributed by atoms with Crippen LogP contribution in [0.3, 0.4) is 0 Å². The molecule has 2 amide bonds. The second-order valence-electron chi connectivity index (χ2n) is 6.91. The van der Waals surface area contributed by atoms with Crippen molar-refractivity contribution in [3.8, 4) is 0 Å². The van der Waals surface area contributed by atoms with Gasteiger partial charge in [-0.3, -0.25) is 14.5 Å². The maximum absolute atomic E-state index is 12.9. The zero-order valence-electron chi connectivity index (χ0n) is 14.1. The Hall–Kier alpha value is -2.10. The van der Waals surface area contributed by atoms with Crippen LogP contribution in [0.4, 0.5) is 0 Å². The number of amides is 2. The van der Waals surface area contributed by atoms with E-state index in [2.05, 4.69) is 19.1 Å². The first-order valence-electron chi connectivity index (χ1n) is 8.11. The fourth-order valence-corrected chi connectivity index (χ4v) is 3.80. The van der Waals surface area contributed by atoms with Gasteiger partial charge in [0.1, 0.15) is 5.76 Å². The largest absolute Gasteiger partial charge is 0.467 e. The quantitative estimate of drug-likeness (QED) is 0.633. The number of rotatable bonds is 3. The van der Waals surface area contributed by atoms with E-state index in [-0.39, 0.29) is 42.0 Å². The molecule has 3 rings (SSSR count). The maximum Gasteiger partial charge on any atom is 0.234 e. The van der Waals surface area contributed by atoms with Crippen molar-refractivity contribution in [3.63, 3.8) is 0 Å². The van der Waals surface area contributed by atoms with E-state index in [9.17, 15) is 9.59 Å². The van der Waals surface area contributed by atoms with Crippen molar-refractivity contribution >= 4 is 11.8 Å². The molecular weight excluding hydrogens is 290 g/mol. The highest BCUT2D eigenvalue weighted by Gasteiger charge is 2.54. The molecule has 4 atom stereocenters. The SMILES string of the molecule is CC(C)=C[C@H]1C=C(C)[C@H](C)[C@@H]2C(=O)N(Cc3ccco3)C(=O)[C@H]12. The van der Waals surface area contributed by atoms with Gasteiger partial charge in [-0.1, -0.05) is 30.2 Å². The van der Waals surface area contributed by atoms with Crippen LogP contribution in [0.2, 0.25) is 0 Å². The van der Waals surface area contributed by atoms with E-state index in [1.54, 1.807) is 18.4 Å². The molecule has 23 heavy (non-hydrogen) atoms. The molecule has 1 aliphatic carbocycles. The van der Waals surface area contributed by atoms with Gasteiger partial charge in [-0.2, -0.15) is 0 Å². The van der Waals surface area contributed by atoms with Crippen molar-refractivity contribution in [1.29, 1.82) is 0 Å². The van der Waals surface area contributed by atoms with Gasteiger partial charge in [0.2, 0.25) is 11.8 Å². The number of hydrogen-bond donors (Lipinski definition) is 0. The van der Waals surface area contributed by atoms with Crippen LogP contribution in [-0.4, -0.2) is 16.7 Å². The average Bonchev–Trinajstić information content (AvgIpc) is 3.06. The van der Waals surface area contributed by atoms with E-state index in [0.29, 0.717) is 5.76 Å². The van der Waals surface area contributed by atoms with Crippen LogP contribution in [0.1, 0.15) is 33.5 Å². The Morgan fingerprint density at radius 3 is 2.57 bits per heavy atom. The summed E-state index contributed by atoms with van der Waals surface area (Å²) in [6.07, 6.45) is 5.82. The first-order valence-corrected chi connectivity index (χ1v) is 8.11. The van der Waals surface area contributed by atoms with E-state index in [1.807, 2.05) is 20.8 Å². The molecule has 1 aliphatic heterocycles. The highest BCUT2D eigenvalue weighted by molar-refractivity contribution is 6.06. The normalized spacial score (nSPS) is 30.3. The molecule has 0 N–H and O–H groups in total. The predicted octanol–water partition coefficient (Wildman–Crippen LogP) is 3.56. The van der Waals surface area contributed by atoms with Crippen molar-refractivity contribution in [2.75, 3.05) is 0 Å². The highest BCUT2D eigenvalue weighted by atomic mass is 16.3. The molecule has 0 bridgehead atoms. The number of furan rings is 1. The fraction of sp³-hybridized carbons (Fsp3) is 0.474. The van der Waals surface area contributed by atoms with Gasteiger partial charge in [-0.15, -0.1) is 0 Å². The van der Waals surface area contributed by atoms with Crippen molar-refractivity contribution in [3.05, 3.63) is 47.5 Å². The molecule has 2 aliphatic rings. The minimum atomic E-state index is -0.286. The summed E-state index contributed by atoms with van der Waals surface area (Å²) in [5.41, 5.74) is 2.35. The van der Waals surface area contributed by atoms with Gasteiger partial charge >= 0.3 is 0 Å². The third-order valence-electron chi connectivity index (χ3n) is 5.04. The first-order chi connectivity index (χ1) is 10.9. The number of carbonyl (C=O) groups is 2. The summed E-state index contributed by atoms with van der Waals surface area (Å²) >= 11 is 0. The molecule has 1 fully saturated rings. The van der Waals surface area contributed by atoms with Gasteiger partial charge in [0, 0.05) is 5.92 Å². The van der Waals surface area contributed by atoms with Crippen LogP contribution in [0.25, 0.3) is 0 Å². The van der Waals surface area contributed by atoms with Gasteiger partial charge in [0.05, 0.1) is 24.6 Å². The molecule has 4 nitrogen and oxygen atoms in total. The van der Waals surface area contributed by atoms with Crippen LogP contribution in [0.15, 0.2) is 46.1 Å². The molecule has 0 saturated carbocycles. The summed E-state index contributed by atoms with van der Waals surface area (Å²) in [6.45, 7) is 8.38. The zero-order chi connectivity index (χ0) is 16.7. The van der Waals surface area contributed by atoms with Crippen LogP contribution in [0.5, 0.6) is 0 Å². The number of allylic oxidation sites excluding steroid dienone is 4. The Kier molecular flexibility index (Phi) is 4.00. The monoisotopic (exact) mass is 313 g/mol. The van der Waals surface area contributed by atoms with Crippen LogP contribution in [0, 0.1) is 23.7 Å². The molecular formula is C19H23NO3. The van der Waals surface area contributed by atoms with E-state index < -0.39 is 0 Å². The Morgan fingerprint density at radius 2 is 1.96 bits per heavy atom. The van der Waals surface area contributed by atoms with Gasteiger partial charge < -0.3 is 4.42 Å². The molecule has 0 radical (unpaired) electrons. The standard InChI is InChI=1S/C19H23NO3/c1-11(2)8-14-9-12(3)13(4)16-17(14)19(22)20(18(16)21)10-15-6-5-7-23-15/h5-9,13-14,16-17H,10H2,1-4H3/t13-,14-,16-,17+/m0/s1. The minimum Gasteiger partial charge on any atom is -0.467 e. The van der Waals surface area contributed by atoms with Crippen LogP contribution >= 0.6 is 0 Å². The Bertz CT molecular complexity index is 679. The number of fused-ring (bicyclic) bond motifs is 1. The lowest BCUT2D eigenvalue weighted by Crippen LogP contribution is -2.33. The number of likely N-dealkylation sites (tertiary alicyclic amines) is 1. The molecule has 2 heterocycles. The Morgan fingerprint density at radius 1 is 1.26 bits per heavy atom. The lowest BCUT2D eigenvalue weighted by atomic mass is 9.69. The molecule has 1 aromatic rings. The minimum absolute atomic E-state index is 0.000693. The molecule has 0 unspecified atom stereocenters. The molecule has 0 aromatic carbocycles. The van der Waals surface area contributed by atoms with Crippen LogP contribution < -0.4 is 0 Å². The van der Waals surface area contributed by atoms with Gasteiger partial charge in [0.15, 0.2) is 0 Å². The Labute approximate surface area is 136 Å². The third kappa shape index (κ3) is 2.67. The van der Waals surface area contributed by atoms with Gasteiger partial charge in [-0.05, 0) is 38.8 Å². The molecule has 122 valence electrons. The maximum atomic E-state index is 12.9. The molecule has 4 heteroatoms. The fourth-order valence-electron chi connectivity index (χ4n) is 3.80. The number of hydrogen-bond acceptors (Lipinski definition) is 3. The summed E-state index contributed by atoms with van der Waals surface area (Å²) < 4.78 is 5.31. The van der Waals surface area contributed by atoms with E-state index in [4.69, 9.17) is 4.42 Å². The van der Waals surface area contributed by atoms with E-state index >= 15 is 0 Å². The molecule has 0 spiro atoms. The van der Waals surface area contributed by atoms with Crippen LogP contribution in [-0.2, 0) is 16.1 Å².